The van der Waals surface area contributed by atoms with Crippen LogP contribution in [0.3, 0.4) is 0 Å². The van der Waals surface area contributed by atoms with Crippen LogP contribution in [0.15, 0.2) is 120 Å². The molecule has 0 unspecified atom stereocenters. The number of furan rings is 1. The molecule has 3 nitrogen and oxygen atoms in total. The summed E-state index contributed by atoms with van der Waals surface area (Å²) in [5, 5.41) is 2.19. The molecular weight excluding hydrogens is 491 g/mol. The molecule has 1 fully saturated rings. The van der Waals surface area contributed by atoms with Gasteiger partial charge < -0.3 is 13.7 Å². The minimum absolute atomic E-state index is 0.395. The molecule has 6 aromatic rings. The summed E-state index contributed by atoms with van der Waals surface area (Å²) >= 11 is 0. The molecule has 0 radical (unpaired) electrons. The van der Waals surface area contributed by atoms with E-state index in [1.807, 2.05) is 6.07 Å². The van der Waals surface area contributed by atoms with Gasteiger partial charge >= 0.3 is 7.12 Å². The highest BCUT2D eigenvalue weighted by atomic mass is 16.7. The van der Waals surface area contributed by atoms with Crippen molar-refractivity contribution in [3.63, 3.8) is 0 Å². The van der Waals surface area contributed by atoms with Crippen molar-refractivity contribution in [1.82, 2.24) is 0 Å². The molecule has 40 heavy (non-hydrogen) atoms. The Kier molecular flexibility index (Phi) is 5.74. The van der Waals surface area contributed by atoms with E-state index in [4.69, 9.17) is 13.7 Å². The van der Waals surface area contributed by atoms with Crippen LogP contribution in [0.5, 0.6) is 0 Å². The molecule has 0 saturated carbocycles. The Morgan fingerprint density at radius 1 is 0.500 bits per heavy atom. The first kappa shape index (κ1) is 24.9. The second-order valence-electron chi connectivity index (χ2n) is 11.7. The zero-order valence-electron chi connectivity index (χ0n) is 23.3. The Bertz CT molecular complexity index is 1780. The second-order valence-corrected chi connectivity index (χ2v) is 11.7. The highest BCUT2D eigenvalue weighted by Gasteiger charge is 2.51. The van der Waals surface area contributed by atoms with E-state index in [0.717, 1.165) is 38.5 Å². The van der Waals surface area contributed by atoms with E-state index in [1.165, 1.54) is 22.3 Å². The Balaban J connectivity index is 1.39. The molecule has 196 valence electrons. The molecule has 2 heterocycles. The van der Waals surface area contributed by atoms with Gasteiger partial charge in [-0.05, 0) is 96.9 Å². The Hall–Kier alpha value is -4.12. The predicted octanol–water partition coefficient (Wildman–Crippen LogP) is 8.89. The summed E-state index contributed by atoms with van der Waals surface area (Å²) in [6, 6.07) is 40.6. The van der Waals surface area contributed by atoms with Crippen LogP contribution in [0.4, 0.5) is 0 Å². The molecule has 4 heteroatoms. The summed E-state index contributed by atoms with van der Waals surface area (Å²) in [6.45, 7) is 8.30. The van der Waals surface area contributed by atoms with Crippen molar-refractivity contribution in [3.8, 4) is 33.4 Å². The van der Waals surface area contributed by atoms with Gasteiger partial charge in [0.25, 0.3) is 0 Å². The first-order chi connectivity index (χ1) is 19.3. The smallest absolute Gasteiger partial charge is 0.456 e. The maximum atomic E-state index is 6.44. The van der Waals surface area contributed by atoms with Crippen LogP contribution in [0.25, 0.3) is 55.3 Å². The average molecular weight is 522 g/mol. The fourth-order valence-corrected chi connectivity index (χ4v) is 5.59. The van der Waals surface area contributed by atoms with Crippen molar-refractivity contribution < 1.29 is 13.7 Å². The first-order valence-corrected chi connectivity index (χ1v) is 13.9. The van der Waals surface area contributed by atoms with Gasteiger partial charge in [-0.2, -0.15) is 0 Å². The minimum atomic E-state index is -0.432. The van der Waals surface area contributed by atoms with Crippen LogP contribution in [0.1, 0.15) is 27.7 Å². The molecule has 0 bridgehead atoms. The molecule has 0 N–H and O–H groups in total. The first-order valence-electron chi connectivity index (χ1n) is 13.9. The third-order valence-electron chi connectivity index (χ3n) is 8.50. The van der Waals surface area contributed by atoms with Crippen molar-refractivity contribution in [3.05, 3.63) is 115 Å². The van der Waals surface area contributed by atoms with Gasteiger partial charge in [-0.15, -0.1) is 0 Å². The lowest BCUT2D eigenvalue weighted by atomic mass is 9.79. The monoisotopic (exact) mass is 522 g/mol. The van der Waals surface area contributed by atoms with Crippen LogP contribution >= 0.6 is 0 Å². The zero-order chi connectivity index (χ0) is 27.5. The largest absolute Gasteiger partial charge is 0.494 e. The molecule has 0 atom stereocenters. The van der Waals surface area contributed by atoms with Crippen molar-refractivity contribution in [2.24, 2.45) is 0 Å². The predicted molar refractivity (Wildman–Crippen MR) is 166 cm³/mol. The standard InChI is InChI=1S/C36H31BO3/c1-35(2)36(3,4)40-37(39-35)29-18-19-31-33(23-29)38-32-17-11-16-30(34(31)32)28-21-26(24-12-7-5-8-13-24)20-27(22-28)25-14-9-6-10-15-25/h5-23H,1-4H3. The SMILES string of the molecule is CC1(C)OB(c2ccc3c(c2)oc2cccc(-c4cc(-c5ccccc5)cc(-c5ccccc5)c4)c23)OC1(C)C. The fourth-order valence-electron chi connectivity index (χ4n) is 5.59. The van der Waals surface area contributed by atoms with Gasteiger partial charge in [0.2, 0.25) is 0 Å². The van der Waals surface area contributed by atoms with Crippen molar-refractivity contribution in [2.45, 2.75) is 38.9 Å². The molecule has 1 saturated heterocycles. The Morgan fingerprint density at radius 3 is 1.68 bits per heavy atom. The summed E-state index contributed by atoms with van der Waals surface area (Å²) in [5.41, 5.74) is 8.93. The van der Waals surface area contributed by atoms with E-state index in [1.54, 1.807) is 0 Å². The van der Waals surface area contributed by atoms with Crippen molar-refractivity contribution >= 4 is 34.5 Å². The number of benzene rings is 5. The van der Waals surface area contributed by atoms with E-state index in [9.17, 15) is 0 Å². The number of hydrogen-bond donors (Lipinski definition) is 0. The van der Waals surface area contributed by atoms with E-state index in [-0.39, 0.29) is 0 Å². The van der Waals surface area contributed by atoms with Crippen molar-refractivity contribution in [2.75, 3.05) is 0 Å². The summed E-state index contributed by atoms with van der Waals surface area (Å²) in [6.07, 6.45) is 0. The van der Waals surface area contributed by atoms with Crippen LogP contribution in [0.2, 0.25) is 0 Å². The number of rotatable bonds is 4. The normalized spacial score (nSPS) is 16.1. The Labute approximate surface area is 235 Å². The van der Waals surface area contributed by atoms with Crippen LogP contribution < -0.4 is 5.46 Å². The zero-order valence-corrected chi connectivity index (χ0v) is 23.3. The van der Waals surface area contributed by atoms with Crippen molar-refractivity contribution in [1.29, 1.82) is 0 Å². The fraction of sp³-hybridized carbons (Fsp3) is 0.167. The van der Waals surface area contributed by atoms with Crippen LogP contribution in [-0.4, -0.2) is 18.3 Å². The quantitative estimate of drug-likeness (QED) is 0.217. The molecule has 7 rings (SSSR count). The molecule has 1 aromatic heterocycles. The molecule has 0 spiro atoms. The summed E-state index contributed by atoms with van der Waals surface area (Å²) < 4.78 is 19.1. The molecule has 0 aliphatic carbocycles. The van der Waals surface area contributed by atoms with E-state index >= 15 is 0 Å². The highest BCUT2D eigenvalue weighted by Crippen LogP contribution is 2.40. The van der Waals surface area contributed by atoms with E-state index < -0.39 is 18.3 Å². The van der Waals surface area contributed by atoms with Crippen LogP contribution in [0, 0.1) is 0 Å². The molecule has 0 amide bonds. The molecule has 1 aliphatic rings. The number of hydrogen-bond acceptors (Lipinski definition) is 3. The number of fused-ring (bicyclic) bond motifs is 3. The lowest BCUT2D eigenvalue weighted by Gasteiger charge is -2.32. The Morgan fingerprint density at radius 2 is 1.07 bits per heavy atom. The second kappa shape index (κ2) is 9.23. The minimum Gasteiger partial charge on any atom is -0.456 e. The third-order valence-corrected chi connectivity index (χ3v) is 8.50. The third kappa shape index (κ3) is 4.16. The summed E-state index contributed by atoms with van der Waals surface area (Å²) in [7, 11) is -0.432. The maximum Gasteiger partial charge on any atom is 0.494 e. The summed E-state index contributed by atoms with van der Waals surface area (Å²) in [4.78, 5) is 0. The van der Waals surface area contributed by atoms with Gasteiger partial charge in [-0.3, -0.25) is 0 Å². The van der Waals surface area contributed by atoms with Gasteiger partial charge in [0.05, 0.1) is 11.2 Å². The topological polar surface area (TPSA) is 31.6 Å². The lowest BCUT2D eigenvalue weighted by Crippen LogP contribution is -2.41. The molecule has 1 aliphatic heterocycles. The van der Waals surface area contributed by atoms with Gasteiger partial charge in [-0.1, -0.05) is 84.9 Å². The van der Waals surface area contributed by atoms with Gasteiger partial charge in [0, 0.05) is 10.8 Å². The highest BCUT2D eigenvalue weighted by molar-refractivity contribution is 6.62. The molecule has 5 aromatic carbocycles. The van der Waals surface area contributed by atoms with Gasteiger partial charge in [0.1, 0.15) is 11.2 Å². The maximum absolute atomic E-state index is 6.44. The summed E-state index contributed by atoms with van der Waals surface area (Å²) in [5.74, 6) is 0. The van der Waals surface area contributed by atoms with Gasteiger partial charge in [-0.25, -0.2) is 0 Å². The van der Waals surface area contributed by atoms with Gasteiger partial charge in [0.15, 0.2) is 0 Å². The van der Waals surface area contributed by atoms with E-state index in [2.05, 4.69) is 137 Å². The lowest BCUT2D eigenvalue weighted by molar-refractivity contribution is 0.00578. The van der Waals surface area contributed by atoms with Crippen LogP contribution in [-0.2, 0) is 9.31 Å². The van der Waals surface area contributed by atoms with E-state index in [0.29, 0.717) is 0 Å². The molecular formula is C36H31BO3. The average Bonchev–Trinajstić information content (AvgIpc) is 3.45.